The summed E-state index contributed by atoms with van der Waals surface area (Å²) in [4.78, 5) is 14.7. The molecule has 1 N–H and O–H groups in total. The maximum absolute atomic E-state index is 10.7. The Hall–Kier alpha value is -1.56. The standard InChI is InChI=1S/C9H6BrNO4/c1-4-7(9(12)13)15-8(11-4)5-2-6(10)14-3-5/h2-3H,1H3,(H,12,13). The molecule has 0 saturated heterocycles. The van der Waals surface area contributed by atoms with Crippen molar-refractivity contribution in [3.05, 3.63) is 28.5 Å². The fraction of sp³-hybridized carbons (Fsp3) is 0.111. The number of aromatic carboxylic acids is 1. The molecule has 0 radical (unpaired) electrons. The highest BCUT2D eigenvalue weighted by Gasteiger charge is 2.18. The van der Waals surface area contributed by atoms with E-state index in [1.54, 1.807) is 13.0 Å². The van der Waals surface area contributed by atoms with Gasteiger partial charge in [0.1, 0.15) is 6.26 Å². The summed E-state index contributed by atoms with van der Waals surface area (Å²) in [5, 5.41) is 8.76. The molecule has 0 spiro atoms. The second-order valence-corrected chi connectivity index (χ2v) is 3.66. The Balaban J connectivity index is 2.46. The number of carboxylic acids is 1. The van der Waals surface area contributed by atoms with Gasteiger partial charge in [-0.2, -0.15) is 0 Å². The van der Waals surface area contributed by atoms with E-state index in [0.717, 1.165) is 0 Å². The predicted octanol–water partition coefficient (Wildman–Crippen LogP) is 2.70. The minimum Gasteiger partial charge on any atom is -0.475 e. The van der Waals surface area contributed by atoms with Crippen LogP contribution >= 0.6 is 15.9 Å². The lowest BCUT2D eigenvalue weighted by Crippen LogP contribution is -1.95. The van der Waals surface area contributed by atoms with Crippen LogP contribution in [0.4, 0.5) is 0 Å². The third kappa shape index (κ3) is 1.80. The molecule has 0 aliphatic rings. The lowest BCUT2D eigenvalue weighted by molar-refractivity contribution is 0.0662. The molecular weight excluding hydrogens is 266 g/mol. The Morgan fingerprint density at radius 1 is 1.60 bits per heavy atom. The van der Waals surface area contributed by atoms with E-state index < -0.39 is 5.97 Å². The van der Waals surface area contributed by atoms with Crippen LogP contribution in [0.15, 0.2) is 25.8 Å². The molecule has 0 fully saturated rings. The smallest absolute Gasteiger partial charge is 0.373 e. The lowest BCUT2D eigenvalue weighted by Gasteiger charge is -1.86. The van der Waals surface area contributed by atoms with Crippen LogP contribution < -0.4 is 0 Å². The molecule has 0 aliphatic carbocycles. The molecule has 0 aliphatic heterocycles. The SMILES string of the molecule is Cc1nc(-c2coc(Br)c2)oc1C(=O)O. The van der Waals surface area contributed by atoms with Gasteiger partial charge in [0.2, 0.25) is 11.7 Å². The highest BCUT2D eigenvalue weighted by molar-refractivity contribution is 9.10. The van der Waals surface area contributed by atoms with Crippen molar-refractivity contribution in [2.24, 2.45) is 0 Å². The van der Waals surface area contributed by atoms with Crippen LogP contribution in [0, 0.1) is 6.92 Å². The summed E-state index contributed by atoms with van der Waals surface area (Å²) >= 11 is 3.13. The Morgan fingerprint density at radius 3 is 2.80 bits per heavy atom. The topological polar surface area (TPSA) is 76.5 Å². The van der Waals surface area contributed by atoms with Gasteiger partial charge in [-0.15, -0.1) is 0 Å². The summed E-state index contributed by atoms with van der Waals surface area (Å²) < 4.78 is 10.6. The van der Waals surface area contributed by atoms with E-state index in [2.05, 4.69) is 20.9 Å². The third-order valence-corrected chi connectivity index (χ3v) is 2.22. The molecule has 6 heteroatoms. The molecule has 78 valence electrons. The van der Waals surface area contributed by atoms with Crippen LogP contribution in [0.5, 0.6) is 0 Å². The zero-order valence-corrected chi connectivity index (χ0v) is 9.24. The highest BCUT2D eigenvalue weighted by atomic mass is 79.9. The van der Waals surface area contributed by atoms with E-state index in [1.807, 2.05) is 0 Å². The van der Waals surface area contributed by atoms with E-state index in [4.69, 9.17) is 13.9 Å². The van der Waals surface area contributed by atoms with Crippen molar-refractivity contribution in [1.82, 2.24) is 4.98 Å². The minimum atomic E-state index is -1.13. The van der Waals surface area contributed by atoms with E-state index in [1.165, 1.54) is 6.26 Å². The summed E-state index contributed by atoms with van der Waals surface area (Å²) in [6, 6.07) is 1.65. The second-order valence-electron chi connectivity index (χ2n) is 2.88. The quantitative estimate of drug-likeness (QED) is 0.909. The predicted molar refractivity (Wildman–Crippen MR) is 53.6 cm³/mol. The molecule has 2 aromatic heterocycles. The Labute approximate surface area is 92.8 Å². The number of aryl methyl sites for hydroxylation is 1. The number of hydrogen-bond donors (Lipinski definition) is 1. The van der Waals surface area contributed by atoms with Gasteiger partial charge in [-0.3, -0.25) is 0 Å². The first kappa shape index (κ1) is 9.97. The second kappa shape index (κ2) is 3.54. The maximum Gasteiger partial charge on any atom is 0.373 e. The van der Waals surface area contributed by atoms with Gasteiger partial charge in [0, 0.05) is 6.07 Å². The van der Waals surface area contributed by atoms with Crippen LogP contribution in [-0.4, -0.2) is 16.1 Å². The van der Waals surface area contributed by atoms with Crippen LogP contribution in [0.1, 0.15) is 16.2 Å². The lowest BCUT2D eigenvalue weighted by atomic mass is 10.3. The number of furan rings is 1. The van der Waals surface area contributed by atoms with Crippen molar-refractivity contribution in [1.29, 1.82) is 0 Å². The molecule has 2 rings (SSSR count). The summed E-state index contributed by atoms with van der Waals surface area (Å²) in [6.45, 7) is 1.57. The number of nitrogens with zero attached hydrogens (tertiary/aromatic N) is 1. The van der Waals surface area contributed by atoms with E-state index in [0.29, 0.717) is 15.9 Å². The van der Waals surface area contributed by atoms with Crippen LogP contribution in [0.3, 0.4) is 0 Å². The van der Waals surface area contributed by atoms with E-state index >= 15 is 0 Å². The number of rotatable bonds is 2. The Morgan fingerprint density at radius 2 is 2.33 bits per heavy atom. The van der Waals surface area contributed by atoms with Crippen molar-refractivity contribution in [3.63, 3.8) is 0 Å². The number of halogens is 1. The molecule has 2 aromatic rings. The number of carbonyl (C=O) groups is 1. The molecule has 0 aromatic carbocycles. The number of hydrogen-bond acceptors (Lipinski definition) is 4. The van der Waals surface area contributed by atoms with Crippen LogP contribution in [0.25, 0.3) is 11.5 Å². The van der Waals surface area contributed by atoms with Crippen molar-refractivity contribution < 1.29 is 18.7 Å². The maximum atomic E-state index is 10.7. The molecule has 0 saturated carbocycles. The monoisotopic (exact) mass is 271 g/mol. The molecule has 0 atom stereocenters. The molecule has 2 heterocycles. The molecule has 0 bridgehead atoms. The van der Waals surface area contributed by atoms with Gasteiger partial charge in [0.25, 0.3) is 0 Å². The van der Waals surface area contributed by atoms with Gasteiger partial charge >= 0.3 is 5.97 Å². The van der Waals surface area contributed by atoms with Crippen molar-refractivity contribution in [3.8, 4) is 11.5 Å². The summed E-state index contributed by atoms with van der Waals surface area (Å²) in [5.41, 5.74) is 0.937. The molecular formula is C9H6BrNO4. The highest BCUT2D eigenvalue weighted by Crippen LogP contribution is 2.26. The normalized spacial score (nSPS) is 10.5. The van der Waals surface area contributed by atoms with Crippen LogP contribution in [-0.2, 0) is 0 Å². The van der Waals surface area contributed by atoms with Gasteiger partial charge in [0.15, 0.2) is 4.67 Å². The zero-order chi connectivity index (χ0) is 11.0. The molecule has 0 unspecified atom stereocenters. The zero-order valence-electron chi connectivity index (χ0n) is 7.65. The summed E-state index contributed by atoms with van der Waals surface area (Å²) in [6.07, 6.45) is 1.43. The fourth-order valence-corrected chi connectivity index (χ4v) is 1.48. The van der Waals surface area contributed by atoms with Crippen molar-refractivity contribution >= 4 is 21.9 Å². The fourth-order valence-electron chi connectivity index (χ4n) is 1.14. The van der Waals surface area contributed by atoms with E-state index in [9.17, 15) is 4.79 Å². The van der Waals surface area contributed by atoms with Crippen molar-refractivity contribution in [2.75, 3.05) is 0 Å². The summed E-state index contributed by atoms with van der Waals surface area (Å²) in [7, 11) is 0. The molecule has 5 nitrogen and oxygen atoms in total. The van der Waals surface area contributed by atoms with Gasteiger partial charge in [-0.05, 0) is 22.9 Å². The molecule has 15 heavy (non-hydrogen) atoms. The number of carboxylic acid groups (broad SMARTS) is 1. The number of aromatic nitrogens is 1. The largest absolute Gasteiger partial charge is 0.475 e. The Bertz CT molecular complexity index is 514. The average Bonchev–Trinajstić information content (AvgIpc) is 2.71. The third-order valence-electron chi connectivity index (χ3n) is 1.81. The first-order chi connectivity index (χ1) is 7.08. The summed E-state index contributed by atoms with van der Waals surface area (Å²) in [5.74, 6) is -1.05. The van der Waals surface area contributed by atoms with Gasteiger partial charge in [0.05, 0.1) is 11.3 Å². The first-order valence-corrected chi connectivity index (χ1v) is 4.82. The van der Waals surface area contributed by atoms with Gasteiger partial charge in [-0.25, -0.2) is 9.78 Å². The molecule has 0 amide bonds. The van der Waals surface area contributed by atoms with Crippen molar-refractivity contribution in [2.45, 2.75) is 6.92 Å². The van der Waals surface area contributed by atoms with Gasteiger partial charge in [-0.1, -0.05) is 0 Å². The number of oxazole rings is 1. The van der Waals surface area contributed by atoms with Gasteiger partial charge < -0.3 is 13.9 Å². The Kier molecular flexibility index (Phi) is 2.36. The van der Waals surface area contributed by atoms with E-state index in [-0.39, 0.29) is 11.7 Å². The van der Waals surface area contributed by atoms with Crippen LogP contribution in [0.2, 0.25) is 0 Å². The average molecular weight is 272 g/mol. The minimum absolute atomic E-state index is 0.151. The first-order valence-electron chi connectivity index (χ1n) is 4.03.